The lowest BCUT2D eigenvalue weighted by Crippen LogP contribution is -2.11. The van der Waals surface area contributed by atoms with E-state index in [0.717, 1.165) is 17.8 Å². The highest BCUT2D eigenvalue weighted by atomic mass is 35.5. The average molecular weight is 326 g/mol. The molecule has 1 heterocycles. The van der Waals surface area contributed by atoms with Gasteiger partial charge in [0.1, 0.15) is 5.82 Å². The largest absolute Gasteiger partial charge is 0.417 e. The van der Waals surface area contributed by atoms with E-state index >= 15 is 0 Å². The molecule has 1 aromatic carbocycles. The fourth-order valence-corrected chi connectivity index (χ4v) is 2.09. The molecule has 0 aliphatic heterocycles. The topological polar surface area (TPSA) is 48.7 Å². The first-order chi connectivity index (χ1) is 10.3. The molecule has 0 aliphatic rings. The maximum Gasteiger partial charge on any atom is 0.417 e. The summed E-state index contributed by atoms with van der Waals surface area (Å²) in [6.07, 6.45) is -3.76. The predicted molar refractivity (Wildman–Crippen MR) is 77.4 cm³/mol. The zero-order chi connectivity index (χ0) is 16.3. The van der Waals surface area contributed by atoms with Gasteiger partial charge in [-0.25, -0.2) is 4.98 Å². The lowest BCUT2D eigenvalue weighted by Gasteiger charge is -2.17. The minimum Gasteiger partial charge on any atom is -0.362 e. The zero-order valence-electron chi connectivity index (χ0n) is 11.4. The van der Waals surface area contributed by atoms with Crippen molar-refractivity contribution in [1.29, 1.82) is 5.26 Å². The third-order valence-electron chi connectivity index (χ3n) is 3.04. The van der Waals surface area contributed by atoms with Crippen LogP contribution in [-0.4, -0.2) is 4.98 Å². The van der Waals surface area contributed by atoms with Gasteiger partial charge in [-0.15, -0.1) is 0 Å². The van der Waals surface area contributed by atoms with E-state index < -0.39 is 11.7 Å². The summed E-state index contributed by atoms with van der Waals surface area (Å²) in [5.74, 6) is 0.157. The first kappa shape index (κ1) is 16.1. The maximum absolute atomic E-state index is 12.6. The number of nitrogens with one attached hydrogen (secondary N) is 1. The van der Waals surface area contributed by atoms with Crippen LogP contribution in [0.5, 0.6) is 0 Å². The molecule has 0 radical (unpaired) electrons. The predicted octanol–water partition coefficient (Wildman–Crippen LogP) is 4.80. The number of rotatable bonds is 3. The molecule has 0 saturated heterocycles. The molecule has 0 spiro atoms. The quantitative estimate of drug-likeness (QED) is 0.882. The number of halogens is 4. The van der Waals surface area contributed by atoms with Gasteiger partial charge in [-0.05, 0) is 30.7 Å². The highest BCUT2D eigenvalue weighted by Gasteiger charge is 2.31. The van der Waals surface area contributed by atoms with Crippen LogP contribution in [0, 0.1) is 11.3 Å². The summed E-state index contributed by atoms with van der Waals surface area (Å²) in [5.41, 5.74) is 0.400. The average Bonchev–Trinajstić information content (AvgIpc) is 2.48. The molecule has 0 fully saturated rings. The van der Waals surface area contributed by atoms with Gasteiger partial charge in [0.25, 0.3) is 0 Å². The summed E-state index contributed by atoms with van der Waals surface area (Å²) in [5, 5.41) is 11.7. The molecule has 22 heavy (non-hydrogen) atoms. The number of pyridine rings is 1. The summed E-state index contributed by atoms with van der Waals surface area (Å²) < 4.78 is 37.7. The Morgan fingerprint density at radius 2 is 2.05 bits per heavy atom. The molecular weight excluding hydrogens is 315 g/mol. The van der Waals surface area contributed by atoms with Crippen LogP contribution in [-0.2, 0) is 6.18 Å². The number of hydrogen-bond donors (Lipinski definition) is 1. The molecule has 2 aromatic rings. The lowest BCUT2D eigenvalue weighted by molar-refractivity contribution is -0.137. The van der Waals surface area contributed by atoms with Crippen LogP contribution in [0.15, 0.2) is 36.5 Å². The second-order valence-corrected chi connectivity index (χ2v) is 5.06. The molecule has 1 unspecified atom stereocenters. The lowest BCUT2D eigenvalue weighted by atomic mass is 10.1. The molecule has 1 aromatic heterocycles. The van der Waals surface area contributed by atoms with Crippen LogP contribution in [0.3, 0.4) is 0 Å². The van der Waals surface area contributed by atoms with Crippen LogP contribution >= 0.6 is 11.6 Å². The van der Waals surface area contributed by atoms with Gasteiger partial charge in [0, 0.05) is 6.20 Å². The highest BCUT2D eigenvalue weighted by Crippen LogP contribution is 2.33. The molecule has 2 rings (SSSR count). The van der Waals surface area contributed by atoms with Crippen molar-refractivity contribution in [1.82, 2.24) is 4.98 Å². The Bertz CT molecular complexity index is 723. The number of aromatic nitrogens is 1. The Kier molecular flexibility index (Phi) is 4.57. The van der Waals surface area contributed by atoms with Crippen molar-refractivity contribution in [3.8, 4) is 6.07 Å². The van der Waals surface area contributed by atoms with E-state index in [0.29, 0.717) is 5.56 Å². The Morgan fingerprint density at radius 1 is 1.32 bits per heavy atom. The minimum absolute atomic E-state index is 0.113. The van der Waals surface area contributed by atoms with Crippen molar-refractivity contribution in [2.45, 2.75) is 19.1 Å². The first-order valence-electron chi connectivity index (χ1n) is 6.30. The first-order valence-corrected chi connectivity index (χ1v) is 6.68. The van der Waals surface area contributed by atoms with Crippen molar-refractivity contribution >= 4 is 17.4 Å². The van der Waals surface area contributed by atoms with Crippen molar-refractivity contribution in [3.05, 3.63) is 58.2 Å². The van der Waals surface area contributed by atoms with Crippen molar-refractivity contribution in [2.24, 2.45) is 0 Å². The Hall–Kier alpha value is -2.26. The normalized spacial score (nSPS) is 12.5. The summed E-state index contributed by atoms with van der Waals surface area (Å²) in [4.78, 5) is 3.72. The number of anilines is 1. The Morgan fingerprint density at radius 3 is 2.64 bits per heavy atom. The van der Waals surface area contributed by atoms with Gasteiger partial charge in [-0.3, -0.25) is 0 Å². The third kappa shape index (κ3) is 3.68. The third-order valence-corrected chi connectivity index (χ3v) is 3.33. The van der Waals surface area contributed by atoms with E-state index in [9.17, 15) is 13.2 Å². The molecule has 0 aliphatic carbocycles. The highest BCUT2D eigenvalue weighted by molar-refractivity contribution is 6.33. The summed E-state index contributed by atoms with van der Waals surface area (Å²) in [6, 6.07) is 9.48. The van der Waals surface area contributed by atoms with Crippen LogP contribution in [0.25, 0.3) is 0 Å². The smallest absolute Gasteiger partial charge is 0.362 e. The standard InChI is InChI=1S/C15H11ClF3N3/c1-9(11-4-2-3-10(5-11)7-20)22-14-13(16)6-12(8-21-14)15(17,18)19/h2-6,8-9H,1H3,(H,21,22). The van der Waals surface area contributed by atoms with Crippen molar-refractivity contribution in [2.75, 3.05) is 5.32 Å². The SMILES string of the molecule is CC(Nc1ncc(C(F)(F)F)cc1Cl)c1cccc(C#N)c1. The molecule has 3 nitrogen and oxygen atoms in total. The Labute approximate surface area is 130 Å². The van der Waals surface area contributed by atoms with Gasteiger partial charge in [0.2, 0.25) is 0 Å². The number of nitriles is 1. The van der Waals surface area contributed by atoms with E-state index in [4.69, 9.17) is 16.9 Å². The van der Waals surface area contributed by atoms with E-state index in [1.165, 1.54) is 0 Å². The molecule has 0 amide bonds. The second kappa shape index (κ2) is 6.24. The fourth-order valence-electron chi connectivity index (χ4n) is 1.87. The number of alkyl halides is 3. The molecule has 114 valence electrons. The van der Waals surface area contributed by atoms with Gasteiger partial charge in [0.15, 0.2) is 0 Å². The van der Waals surface area contributed by atoms with Crippen LogP contribution < -0.4 is 5.32 Å². The number of benzene rings is 1. The second-order valence-electron chi connectivity index (χ2n) is 4.66. The van der Waals surface area contributed by atoms with E-state index in [1.54, 1.807) is 31.2 Å². The van der Waals surface area contributed by atoms with Crippen molar-refractivity contribution < 1.29 is 13.2 Å². The molecule has 0 saturated carbocycles. The number of nitrogens with zero attached hydrogens (tertiary/aromatic N) is 2. The van der Waals surface area contributed by atoms with E-state index in [-0.39, 0.29) is 16.9 Å². The summed E-state index contributed by atoms with van der Waals surface area (Å²) in [7, 11) is 0. The van der Waals surface area contributed by atoms with Gasteiger partial charge in [-0.2, -0.15) is 18.4 Å². The van der Waals surface area contributed by atoms with E-state index in [1.807, 2.05) is 6.07 Å². The monoisotopic (exact) mass is 325 g/mol. The molecular formula is C15H11ClF3N3. The summed E-state index contributed by atoms with van der Waals surface area (Å²) >= 11 is 5.85. The van der Waals surface area contributed by atoms with Crippen LogP contribution in [0.2, 0.25) is 5.02 Å². The molecule has 1 N–H and O–H groups in total. The number of hydrogen-bond acceptors (Lipinski definition) is 3. The Balaban J connectivity index is 2.21. The van der Waals surface area contributed by atoms with Crippen LogP contribution in [0.4, 0.5) is 19.0 Å². The van der Waals surface area contributed by atoms with Crippen molar-refractivity contribution in [3.63, 3.8) is 0 Å². The van der Waals surface area contributed by atoms with E-state index in [2.05, 4.69) is 10.3 Å². The summed E-state index contributed by atoms with van der Waals surface area (Å²) in [6.45, 7) is 1.80. The molecule has 0 bridgehead atoms. The van der Waals surface area contributed by atoms with Gasteiger partial charge in [-0.1, -0.05) is 23.7 Å². The molecule has 7 heteroatoms. The maximum atomic E-state index is 12.6. The molecule has 1 atom stereocenters. The van der Waals surface area contributed by atoms with Crippen LogP contribution in [0.1, 0.15) is 29.7 Å². The van der Waals surface area contributed by atoms with Gasteiger partial charge < -0.3 is 5.32 Å². The fraction of sp³-hybridized carbons (Fsp3) is 0.200. The van der Waals surface area contributed by atoms with Gasteiger partial charge in [0.05, 0.1) is 28.3 Å². The minimum atomic E-state index is -4.48. The zero-order valence-corrected chi connectivity index (χ0v) is 12.2. The van der Waals surface area contributed by atoms with Gasteiger partial charge >= 0.3 is 6.18 Å².